The fourth-order valence-corrected chi connectivity index (χ4v) is 1.02. The van der Waals surface area contributed by atoms with Crippen LogP contribution < -0.4 is 0 Å². The molecule has 64 valence electrons. The summed E-state index contributed by atoms with van der Waals surface area (Å²) in [5.74, 6) is 0.114. The van der Waals surface area contributed by atoms with Crippen LogP contribution in [0.5, 0.6) is 5.75 Å². The van der Waals surface area contributed by atoms with Gasteiger partial charge in [0.05, 0.1) is 6.20 Å². The molecule has 4 heteroatoms. The van der Waals surface area contributed by atoms with Crippen LogP contribution in [-0.2, 0) is 0 Å². The molecule has 0 amide bonds. The van der Waals surface area contributed by atoms with Crippen molar-refractivity contribution in [3.05, 3.63) is 36.9 Å². The molecular weight excluding hydrogens is 166 g/mol. The van der Waals surface area contributed by atoms with Gasteiger partial charge >= 0.3 is 0 Å². The summed E-state index contributed by atoms with van der Waals surface area (Å²) < 4.78 is 0. The first-order valence-corrected chi connectivity index (χ1v) is 3.78. The zero-order valence-corrected chi connectivity index (χ0v) is 6.75. The van der Waals surface area contributed by atoms with E-state index in [9.17, 15) is 5.11 Å². The number of hydrogen-bond donors (Lipinski definition) is 1. The largest absolute Gasteiger partial charge is 0.506 e. The summed E-state index contributed by atoms with van der Waals surface area (Å²) in [6.07, 6.45) is 6.29. The van der Waals surface area contributed by atoms with Gasteiger partial charge in [0.2, 0.25) is 0 Å². The van der Waals surface area contributed by atoms with Crippen LogP contribution in [0.1, 0.15) is 0 Å². The quantitative estimate of drug-likeness (QED) is 0.704. The Morgan fingerprint density at radius 1 is 1.08 bits per heavy atom. The summed E-state index contributed by atoms with van der Waals surface area (Å²) in [6.45, 7) is 0. The van der Waals surface area contributed by atoms with E-state index in [1.165, 1.54) is 0 Å². The van der Waals surface area contributed by atoms with Crippen LogP contribution in [0.4, 0.5) is 0 Å². The van der Waals surface area contributed by atoms with Crippen LogP contribution in [0, 0.1) is 0 Å². The molecule has 0 unspecified atom stereocenters. The fourth-order valence-electron chi connectivity index (χ4n) is 1.02. The third-order valence-electron chi connectivity index (χ3n) is 1.59. The second-order valence-electron chi connectivity index (χ2n) is 2.46. The molecule has 0 aliphatic rings. The molecule has 2 rings (SSSR count). The van der Waals surface area contributed by atoms with Crippen molar-refractivity contribution in [1.82, 2.24) is 15.0 Å². The molecule has 2 aromatic heterocycles. The normalized spacial score (nSPS) is 9.85. The van der Waals surface area contributed by atoms with E-state index in [1.807, 2.05) is 0 Å². The van der Waals surface area contributed by atoms with E-state index < -0.39 is 0 Å². The molecular formula is C9H7N3O. The predicted octanol–water partition coefficient (Wildman–Crippen LogP) is 1.24. The lowest BCUT2D eigenvalue weighted by molar-refractivity contribution is 0.475. The topological polar surface area (TPSA) is 58.9 Å². The Morgan fingerprint density at radius 2 is 2.00 bits per heavy atom. The minimum absolute atomic E-state index is 0.114. The zero-order valence-electron chi connectivity index (χ0n) is 6.75. The lowest BCUT2D eigenvalue weighted by Gasteiger charge is -1.99. The first kappa shape index (κ1) is 7.67. The van der Waals surface area contributed by atoms with Gasteiger partial charge in [0.15, 0.2) is 0 Å². The van der Waals surface area contributed by atoms with Crippen LogP contribution in [0.25, 0.3) is 11.4 Å². The molecule has 0 radical (unpaired) electrons. The Morgan fingerprint density at radius 3 is 2.69 bits per heavy atom. The van der Waals surface area contributed by atoms with Crippen molar-refractivity contribution in [2.24, 2.45) is 0 Å². The molecule has 0 atom stereocenters. The van der Waals surface area contributed by atoms with Crippen LogP contribution in [-0.4, -0.2) is 20.1 Å². The van der Waals surface area contributed by atoms with Gasteiger partial charge in [-0.2, -0.15) is 0 Å². The monoisotopic (exact) mass is 173 g/mol. The molecule has 13 heavy (non-hydrogen) atoms. The molecule has 2 heterocycles. The summed E-state index contributed by atoms with van der Waals surface area (Å²) in [5.41, 5.74) is 1.02. The van der Waals surface area contributed by atoms with Crippen LogP contribution in [0.3, 0.4) is 0 Å². The van der Waals surface area contributed by atoms with E-state index in [2.05, 4.69) is 15.0 Å². The Balaban J connectivity index is 2.54. The third kappa shape index (κ3) is 1.46. The molecule has 0 aliphatic carbocycles. The maximum atomic E-state index is 9.43. The van der Waals surface area contributed by atoms with Crippen molar-refractivity contribution in [3.8, 4) is 17.1 Å². The van der Waals surface area contributed by atoms with Gasteiger partial charge in [-0.1, -0.05) is 0 Å². The molecule has 2 aromatic rings. The fraction of sp³-hybridized carbons (Fsp3) is 0. The van der Waals surface area contributed by atoms with Crippen molar-refractivity contribution >= 4 is 0 Å². The maximum absolute atomic E-state index is 9.43. The minimum atomic E-state index is 0.114. The standard InChI is InChI=1S/C9H7N3O/c13-8-2-1-3-12-9(8)7-6-10-4-5-11-7/h1-6,13H. The Labute approximate surface area is 74.9 Å². The van der Waals surface area contributed by atoms with E-state index in [-0.39, 0.29) is 5.75 Å². The van der Waals surface area contributed by atoms with Crippen molar-refractivity contribution in [2.45, 2.75) is 0 Å². The second kappa shape index (κ2) is 3.18. The molecule has 0 saturated carbocycles. The van der Waals surface area contributed by atoms with E-state index in [4.69, 9.17) is 0 Å². The maximum Gasteiger partial charge on any atom is 0.143 e. The lowest BCUT2D eigenvalue weighted by Crippen LogP contribution is -1.87. The van der Waals surface area contributed by atoms with E-state index in [0.717, 1.165) is 0 Å². The highest BCUT2D eigenvalue weighted by atomic mass is 16.3. The summed E-state index contributed by atoms with van der Waals surface area (Å²) in [7, 11) is 0. The number of rotatable bonds is 1. The Hall–Kier alpha value is -1.97. The average molecular weight is 173 g/mol. The average Bonchev–Trinajstić information content (AvgIpc) is 2.20. The molecule has 1 N–H and O–H groups in total. The van der Waals surface area contributed by atoms with Crippen molar-refractivity contribution < 1.29 is 5.11 Å². The van der Waals surface area contributed by atoms with Crippen LogP contribution in [0.15, 0.2) is 36.9 Å². The van der Waals surface area contributed by atoms with Gasteiger partial charge in [0.1, 0.15) is 17.1 Å². The minimum Gasteiger partial charge on any atom is -0.506 e. The molecule has 0 bridgehead atoms. The predicted molar refractivity (Wildman–Crippen MR) is 46.9 cm³/mol. The summed E-state index contributed by atoms with van der Waals surface area (Å²) in [6, 6.07) is 3.23. The highest BCUT2D eigenvalue weighted by Crippen LogP contribution is 2.22. The SMILES string of the molecule is Oc1cccnc1-c1cnccn1. The van der Waals surface area contributed by atoms with Gasteiger partial charge < -0.3 is 5.11 Å². The van der Waals surface area contributed by atoms with Gasteiger partial charge in [-0.05, 0) is 12.1 Å². The van der Waals surface area contributed by atoms with Crippen LogP contribution >= 0.6 is 0 Å². The molecule has 0 aromatic carbocycles. The second-order valence-corrected chi connectivity index (χ2v) is 2.46. The highest BCUT2D eigenvalue weighted by molar-refractivity contribution is 5.60. The summed E-state index contributed by atoms with van der Waals surface area (Å²) >= 11 is 0. The first-order chi connectivity index (χ1) is 6.38. The first-order valence-electron chi connectivity index (χ1n) is 3.78. The van der Waals surface area contributed by atoms with Crippen LogP contribution in [0.2, 0.25) is 0 Å². The van der Waals surface area contributed by atoms with Gasteiger partial charge in [0.25, 0.3) is 0 Å². The molecule has 0 saturated heterocycles. The lowest BCUT2D eigenvalue weighted by atomic mass is 10.2. The summed E-state index contributed by atoms with van der Waals surface area (Å²) in [5, 5.41) is 9.43. The van der Waals surface area contributed by atoms with Gasteiger partial charge in [-0.25, -0.2) is 0 Å². The Bertz CT molecular complexity index is 403. The number of nitrogens with zero attached hydrogens (tertiary/aromatic N) is 3. The van der Waals surface area contributed by atoms with E-state index in [0.29, 0.717) is 11.4 Å². The number of aromatic nitrogens is 3. The molecule has 0 fully saturated rings. The van der Waals surface area contributed by atoms with Crippen molar-refractivity contribution in [1.29, 1.82) is 0 Å². The number of aromatic hydroxyl groups is 1. The Kier molecular flexibility index (Phi) is 1.88. The molecule has 0 aliphatic heterocycles. The van der Waals surface area contributed by atoms with Crippen molar-refractivity contribution in [2.75, 3.05) is 0 Å². The van der Waals surface area contributed by atoms with E-state index in [1.54, 1.807) is 36.9 Å². The van der Waals surface area contributed by atoms with Crippen molar-refractivity contribution in [3.63, 3.8) is 0 Å². The number of hydrogen-bond acceptors (Lipinski definition) is 4. The van der Waals surface area contributed by atoms with Gasteiger partial charge in [-0.15, -0.1) is 0 Å². The van der Waals surface area contributed by atoms with Gasteiger partial charge in [-0.3, -0.25) is 15.0 Å². The smallest absolute Gasteiger partial charge is 0.143 e. The number of pyridine rings is 1. The molecule has 0 spiro atoms. The third-order valence-corrected chi connectivity index (χ3v) is 1.59. The molecule has 4 nitrogen and oxygen atoms in total. The summed E-state index contributed by atoms with van der Waals surface area (Å²) in [4.78, 5) is 11.9. The van der Waals surface area contributed by atoms with Gasteiger partial charge in [0, 0.05) is 18.6 Å². The van der Waals surface area contributed by atoms with E-state index >= 15 is 0 Å². The zero-order chi connectivity index (χ0) is 9.10. The highest BCUT2D eigenvalue weighted by Gasteiger charge is 2.04.